The van der Waals surface area contributed by atoms with Crippen LogP contribution < -0.4 is 19.7 Å². The Bertz CT molecular complexity index is 1480. The molecule has 0 radical (unpaired) electrons. The van der Waals surface area contributed by atoms with Crippen LogP contribution in [0.15, 0.2) is 36.5 Å². The van der Waals surface area contributed by atoms with Gasteiger partial charge in [0, 0.05) is 50.4 Å². The highest BCUT2D eigenvalue weighted by molar-refractivity contribution is 5.69. The van der Waals surface area contributed by atoms with E-state index in [1.54, 1.807) is 35.4 Å². The van der Waals surface area contributed by atoms with Gasteiger partial charge < -0.3 is 29.3 Å². The third kappa shape index (κ3) is 6.45. The van der Waals surface area contributed by atoms with Crippen LogP contribution in [0.3, 0.4) is 0 Å². The van der Waals surface area contributed by atoms with Crippen LogP contribution in [0, 0.1) is 6.92 Å². The number of aryl methyl sites for hydroxylation is 1. The lowest BCUT2D eigenvalue weighted by atomic mass is 9.96. The first-order valence-electron chi connectivity index (χ1n) is 14.1. The molecule has 232 valence electrons. The summed E-state index contributed by atoms with van der Waals surface area (Å²) >= 11 is 0. The number of aromatic nitrogens is 3. The van der Waals surface area contributed by atoms with Crippen LogP contribution in [0.2, 0.25) is 0 Å². The lowest BCUT2D eigenvalue weighted by Gasteiger charge is -2.36. The maximum atomic E-state index is 14.3. The number of fused-ring (bicyclic) bond motifs is 1. The van der Waals surface area contributed by atoms with Crippen molar-refractivity contribution >= 4 is 17.7 Å². The maximum Gasteiger partial charge on any atom is 0.410 e. The summed E-state index contributed by atoms with van der Waals surface area (Å²) in [5.41, 5.74) is 1.95. The fourth-order valence-corrected chi connectivity index (χ4v) is 5.47. The summed E-state index contributed by atoms with van der Waals surface area (Å²) in [6.07, 6.45) is -3.45. The van der Waals surface area contributed by atoms with Crippen molar-refractivity contribution < 1.29 is 32.2 Å². The molecule has 1 aromatic carbocycles. The Morgan fingerprint density at radius 2 is 1.70 bits per heavy atom. The molecule has 43 heavy (non-hydrogen) atoms. The van der Waals surface area contributed by atoms with Crippen molar-refractivity contribution in [3.63, 3.8) is 0 Å². The number of rotatable bonds is 5. The summed E-state index contributed by atoms with van der Waals surface area (Å²) in [5, 5.41) is 7.61. The quantitative estimate of drug-likeness (QED) is 0.381. The molecule has 0 bridgehead atoms. The van der Waals surface area contributed by atoms with Gasteiger partial charge in [-0.05, 0) is 57.0 Å². The molecule has 0 aliphatic carbocycles. The minimum atomic E-state index is -4.51. The molecule has 1 N–H and O–H groups in total. The van der Waals surface area contributed by atoms with Crippen LogP contribution in [0.5, 0.6) is 11.5 Å². The van der Waals surface area contributed by atoms with Crippen molar-refractivity contribution in [2.45, 2.75) is 58.0 Å². The van der Waals surface area contributed by atoms with E-state index in [1.165, 1.54) is 14.2 Å². The number of ether oxygens (including phenoxy) is 3. The number of anilines is 2. The minimum Gasteiger partial charge on any atom is -0.493 e. The number of hydrogen-bond donors (Lipinski definition) is 1. The Kier molecular flexibility index (Phi) is 8.10. The maximum absolute atomic E-state index is 14.3. The zero-order valence-corrected chi connectivity index (χ0v) is 25.2. The van der Waals surface area contributed by atoms with Gasteiger partial charge in [0.25, 0.3) is 0 Å². The summed E-state index contributed by atoms with van der Waals surface area (Å²) in [6, 6.07) is 6.18. The number of carbonyl (C=O) groups is 1. The van der Waals surface area contributed by atoms with E-state index in [0.717, 1.165) is 16.1 Å². The van der Waals surface area contributed by atoms with E-state index >= 15 is 0 Å². The summed E-state index contributed by atoms with van der Waals surface area (Å²) in [5.74, 6) is 1.97. The van der Waals surface area contributed by atoms with E-state index in [1.807, 2.05) is 33.8 Å². The number of carbonyl (C=O) groups excluding carboxylic acids is 1. The Labute approximate surface area is 248 Å². The van der Waals surface area contributed by atoms with Gasteiger partial charge in [-0.15, -0.1) is 0 Å². The number of nitrogens with one attached hydrogen (secondary N) is 1. The second kappa shape index (κ2) is 11.5. The molecule has 13 heteroatoms. The molecule has 4 heterocycles. The number of halogens is 3. The summed E-state index contributed by atoms with van der Waals surface area (Å²) < 4.78 is 60.0. The van der Waals surface area contributed by atoms with Crippen molar-refractivity contribution in [2.24, 2.45) is 0 Å². The number of alkyl halides is 3. The fraction of sp³-hybridized carbons (Fsp3) is 0.500. The molecule has 1 fully saturated rings. The number of piperazine rings is 1. The largest absolute Gasteiger partial charge is 0.493 e. The Hall–Kier alpha value is -4.16. The predicted molar refractivity (Wildman–Crippen MR) is 156 cm³/mol. The van der Waals surface area contributed by atoms with Gasteiger partial charge in [-0.1, -0.05) is 6.07 Å². The zero-order valence-electron chi connectivity index (χ0n) is 25.2. The Balaban J connectivity index is 1.35. The molecule has 1 saturated heterocycles. The van der Waals surface area contributed by atoms with Crippen LogP contribution in [0.25, 0.3) is 11.3 Å². The molecule has 1 amide bonds. The molecule has 0 spiro atoms. The first-order chi connectivity index (χ1) is 20.3. The summed E-state index contributed by atoms with van der Waals surface area (Å²) in [7, 11) is 2.99. The number of pyridine rings is 1. The third-order valence-electron chi connectivity index (χ3n) is 7.58. The Morgan fingerprint density at radius 3 is 2.30 bits per heavy atom. The van der Waals surface area contributed by atoms with E-state index in [4.69, 9.17) is 14.2 Å². The second-order valence-electron chi connectivity index (χ2n) is 11.8. The van der Waals surface area contributed by atoms with E-state index in [9.17, 15) is 18.0 Å². The first-order valence-corrected chi connectivity index (χ1v) is 14.1. The van der Waals surface area contributed by atoms with Crippen molar-refractivity contribution in [1.29, 1.82) is 0 Å². The van der Waals surface area contributed by atoms with E-state index in [0.29, 0.717) is 54.5 Å². The van der Waals surface area contributed by atoms with Crippen LogP contribution >= 0.6 is 0 Å². The van der Waals surface area contributed by atoms with E-state index in [-0.39, 0.29) is 18.3 Å². The summed E-state index contributed by atoms with van der Waals surface area (Å²) in [6.45, 7) is 9.58. The van der Waals surface area contributed by atoms with Gasteiger partial charge in [0.2, 0.25) is 0 Å². The molecule has 2 unspecified atom stereocenters. The smallest absolute Gasteiger partial charge is 0.410 e. The standard InChI is InChI=1S/C30H37F3N6O4/c1-18-13-20(17-34-27(18)37-9-11-38(12-10-37)28(40)43-29(2,3)4)22-16-26-35-21(15-25(30(31,32)33)39(26)36-22)19-7-8-23(41-5)24(14-19)42-6/h7-8,13-14,16-17,21,25,35H,9-12,15H2,1-6H3. The van der Waals surface area contributed by atoms with E-state index in [2.05, 4.69) is 20.3 Å². The molecule has 2 aliphatic heterocycles. The number of nitrogens with zero attached hydrogens (tertiary/aromatic N) is 5. The van der Waals surface area contributed by atoms with Crippen LogP contribution in [0.1, 0.15) is 50.4 Å². The minimum absolute atomic E-state index is 0.238. The highest BCUT2D eigenvalue weighted by atomic mass is 19.4. The van der Waals surface area contributed by atoms with Gasteiger partial charge in [0.15, 0.2) is 17.5 Å². The topological polar surface area (TPSA) is 94.0 Å². The van der Waals surface area contributed by atoms with Crippen molar-refractivity contribution in [2.75, 3.05) is 50.6 Å². The number of benzene rings is 1. The fourth-order valence-electron chi connectivity index (χ4n) is 5.47. The van der Waals surface area contributed by atoms with Gasteiger partial charge in [0.1, 0.15) is 17.2 Å². The molecular weight excluding hydrogens is 565 g/mol. The molecule has 10 nitrogen and oxygen atoms in total. The van der Waals surface area contributed by atoms with Crippen LogP contribution in [-0.2, 0) is 4.74 Å². The van der Waals surface area contributed by atoms with Gasteiger partial charge in [-0.2, -0.15) is 18.3 Å². The molecule has 5 rings (SSSR count). The van der Waals surface area contributed by atoms with Crippen molar-refractivity contribution in [3.8, 4) is 22.8 Å². The lowest BCUT2D eigenvalue weighted by Crippen LogP contribution is -2.50. The SMILES string of the molecule is COc1ccc(C2CC(C(F)(F)F)n3nc(-c4cnc(N5CCN(C(=O)OC(C)(C)C)CC5)c(C)c4)cc3N2)cc1OC. The average molecular weight is 603 g/mol. The molecule has 3 aromatic rings. The molecule has 2 atom stereocenters. The van der Waals surface area contributed by atoms with Gasteiger partial charge in [-0.25, -0.2) is 14.5 Å². The molecule has 0 saturated carbocycles. The number of methoxy groups -OCH3 is 2. The number of amides is 1. The second-order valence-corrected chi connectivity index (χ2v) is 11.8. The molecule has 2 aliphatic rings. The highest BCUT2D eigenvalue weighted by Crippen LogP contribution is 2.45. The monoisotopic (exact) mass is 602 g/mol. The normalized spacial score (nSPS) is 19.0. The lowest BCUT2D eigenvalue weighted by molar-refractivity contribution is -0.173. The highest BCUT2D eigenvalue weighted by Gasteiger charge is 2.46. The molecule has 2 aromatic heterocycles. The first kappa shape index (κ1) is 30.3. The van der Waals surface area contributed by atoms with Gasteiger partial charge >= 0.3 is 12.3 Å². The van der Waals surface area contributed by atoms with Gasteiger partial charge in [0.05, 0.1) is 26.0 Å². The van der Waals surface area contributed by atoms with Crippen molar-refractivity contribution in [3.05, 3.63) is 47.7 Å². The Morgan fingerprint density at radius 1 is 1.00 bits per heavy atom. The zero-order chi connectivity index (χ0) is 31.1. The number of hydrogen-bond acceptors (Lipinski definition) is 8. The van der Waals surface area contributed by atoms with Gasteiger partial charge in [-0.3, -0.25) is 0 Å². The van der Waals surface area contributed by atoms with Crippen molar-refractivity contribution in [1.82, 2.24) is 19.7 Å². The predicted octanol–water partition coefficient (Wildman–Crippen LogP) is 5.99. The average Bonchev–Trinajstić information content (AvgIpc) is 3.39. The van der Waals surface area contributed by atoms with Crippen LogP contribution in [0.4, 0.5) is 29.6 Å². The van der Waals surface area contributed by atoms with E-state index < -0.39 is 23.9 Å². The van der Waals surface area contributed by atoms with Crippen LogP contribution in [-0.4, -0.2) is 77.9 Å². The third-order valence-corrected chi connectivity index (χ3v) is 7.58. The molecular formula is C30H37F3N6O4. The summed E-state index contributed by atoms with van der Waals surface area (Å²) in [4.78, 5) is 20.8.